The molecule has 0 aromatic rings. The highest BCUT2D eigenvalue weighted by Gasteiger charge is 2.33. The second kappa shape index (κ2) is 6.18. The molecule has 0 aromatic heterocycles. The van der Waals surface area contributed by atoms with E-state index in [1.165, 1.54) is 0 Å². The predicted molar refractivity (Wildman–Crippen MR) is 51.3 cm³/mol. The average molecular weight is 258 g/mol. The summed E-state index contributed by atoms with van der Waals surface area (Å²) >= 11 is 2.37. The third-order valence-electron chi connectivity index (χ3n) is 1.30. The van der Waals surface area contributed by atoms with Gasteiger partial charge in [0, 0.05) is 6.54 Å². The van der Waals surface area contributed by atoms with Crippen LogP contribution in [0, 0.1) is 0 Å². The third-order valence-corrected chi connectivity index (χ3v) is 2.00. The van der Waals surface area contributed by atoms with E-state index in [2.05, 4.69) is 27.5 Å². The summed E-state index contributed by atoms with van der Waals surface area (Å²) in [7, 11) is 0. The molecule has 0 atom stereocenters. The topological polar surface area (TPSA) is 12.4 Å². The Morgan fingerprint density at radius 2 is 2.00 bits per heavy atom. The van der Waals surface area contributed by atoms with Crippen molar-refractivity contribution >= 4 is 20.6 Å². The number of unbranched alkanes of at least 4 members (excludes halogenated alkanes) is 2. The van der Waals surface area contributed by atoms with E-state index in [0.717, 1.165) is 12.8 Å². The van der Waals surface area contributed by atoms with Crippen molar-refractivity contribution in [2.45, 2.75) is 25.4 Å². The number of alkyl halides is 3. The minimum atomic E-state index is -4.35. The van der Waals surface area contributed by atoms with Crippen LogP contribution < -0.4 is 0 Å². The van der Waals surface area contributed by atoms with Crippen molar-refractivity contribution in [3.05, 3.63) is 12.7 Å². The lowest BCUT2D eigenvalue weighted by Crippen LogP contribution is -2.16. The van der Waals surface area contributed by atoms with Crippen molar-refractivity contribution in [2.75, 3.05) is 6.54 Å². The zero-order chi connectivity index (χ0) is 10.3. The van der Waals surface area contributed by atoms with Gasteiger partial charge in [0.25, 0.3) is 0 Å². The first kappa shape index (κ1) is 12.7. The monoisotopic (exact) mass is 257 g/mol. The van der Waals surface area contributed by atoms with E-state index in [9.17, 15) is 13.2 Å². The zero-order valence-electron chi connectivity index (χ0n) is 7.07. The standard InChI is InChI=1S/C8H11BrF3N/c1-2-3-4-5-6-13-7(9)8(10,11)12/h2H,1,3-6H2. The number of allylic oxidation sites excluding steroid dienone is 1. The summed E-state index contributed by atoms with van der Waals surface area (Å²) in [6.45, 7) is 3.71. The van der Waals surface area contributed by atoms with E-state index < -0.39 is 10.8 Å². The molecule has 0 fully saturated rings. The Morgan fingerprint density at radius 3 is 2.46 bits per heavy atom. The Morgan fingerprint density at radius 1 is 1.38 bits per heavy atom. The summed E-state index contributed by atoms with van der Waals surface area (Å²) in [5.41, 5.74) is 0. The molecule has 1 nitrogen and oxygen atoms in total. The summed E-state index contributed by atoms with van der Waals surface area (Å²) in [5.74, 6) is 0. The second-order valence-electron chi connectivity index (χ2n) is 2.45. The molecule has 0 aliphatic carbocycles. The molecular weight excluding hydrogens is 247 g/mol. The van der Waals surface area contributed by atoms with Crippen molar-refractivity contribution < 1.29 is 13.2 Å². The molecule has 13 heavy (non-hydrogen) atoms. The molecule has 0 saturated carbocycles. The molecule has 0 aromatic carbocycles. The molecule has 0 amide bonds. The second-order valence-corrected chi connectivity index (χ2v) is 3.21. The third kappa shape index (κ3) is 6.81. The maximum atomic E-state index is 11.8. The first-order valence-corrected chi connectivity index (χ1v) is 4.66. The maximum Gasteiger partial charge on any atom is 0.439 e. The molecular formula is C8H11BrF3N. The van der Waals surface area contributed by atoms with Crippen LogP contribution in [0.5, 0.6) is 0 Å². The lowest BCUT2D eigenvalue weighted by molar-refractivity contribution is -0.0552. The van der Waals surface area contributed by atoms with Gasteiger partial charge in [-0.25, -0.2) is 0 Å². The Balaban J connectivity index is 3.66. The smallest absolute Gasteiger partial charge is 0.274 e. The van der Waals surface area contributed by atoms with E-state index in [-0.39, 0.29) is 6.54 Å². The number of nitrogens with zero attached hydrogens (tertiary/aromatic N) is 1. The SMILES string of the molecule is C=CCCCCN=C(Br)C(F)(F)F. The molecule has 0 unspecified atom stereocenters. The zero-order valence-corrected chi connectivity index (χ0v) is 8.66. The van der Waals surface area contributed by atoms with Crippen molar-refractivity contribution in [3.8, 4) is 0 Å². The number of rotatable bonds is 5. The van der Waals surface area contributed by atoms with E-state index >= 15 is 0 Å². The van der Waals surface area contributed by atoms with Crippen LogP contribution in [0.25, 0.3) is 0 Å². The van der Waals surface area contributed by atoms with Crippen LogP contribution in [-0.4, -0.2) is 17.3 Å². The Kier molecular flexibility index (Phi) is 6.03. The molecule has 0 radical (unpaired) electrons. The molecule has 0 rings (SSSR count). The minimum Gasteiger partial charge on any atom is -0.274 e. The van der Waals surface area contributed by atoms with Crippen LogP contribution in [0.1, 0.15) is 19.3 Å². The van der Waals surface area contributed by atoms with Gasteiger partial charge in [-0.2, -0.15) is 13.2 Å². The van der Waals surface area contributed by atoms with Gasteiger partial charge in [-0.05, 0) is 35.2 Å². The summed E-state index contributed by atoms with van der Waals surface area (Å²) in [4.78, 5) is 3.34. The van der Waals surface area contributed by atoms with Crippen LogP contribution in [-0.2, 0) is 0 Å². The lowest BCUT2D eigenvalue weighted by Gasteiger charge is -2.02. The van der Waals surface area contributed by atoms with Gasteiger partial charge in [-0.15, -0.1) is 6.58 Å². The lowest BCUT2D eigenvalue weighted by atomic mass is 10.2. The summed E-state index contributed by atoms with van der Waals surface area (Å²) in [5, 5.41) is 0. The van der Waals surface area contributed by atoms with E-state index in [1.54, 1.807) is 6.08 Å². The quantitative estimate of drug-likeness (QED) is 0.405. The van der Waals surface area contributed by atoms with Gasteiger partial charge >= 0.3 is 6.18 Å². The summed E-state index contributed by atoms with van der Waals surface area (Å²) in [6.07, 6.45) is -0.317. The van der Waals surface area contributed by atoms with Gasteiger partial charge in [0.2, 0.25) is 0 Å². The summed E-state index contributed by atoms with van der Waals surface area (Å²) in [6, 6.07) is 0. The van der Waals surface area contributed by atoms with Crippen LogP contribution in [0.4, 0.5) is 13.2 Å². The molecule has 0 saturated heterocycles. The first-order valence-electron chi connectivity index (χ1n) is 3.86. The minimum absolute atomic E-state index is 0.202. The average Bonchev–Trinajstić information content (AvgIpc) is 2.02. The highest BCUT2D eigenvalue weighted by Crippen LogP contribution is 2.21. The molecule has 0 spiro atoms. The summed E-state index contributed by atoms with van der Waals surface area (Å²) < 4.78 is 34.6. The Labute approximate surface area is 83.9 Å². The fourth-order valence-corrected chi connectivity index (χ4v) is 0.845. The number of hydrogen-bond donors (Lipinski definition) is 0. The number of hydrogen-bond acceptors (Lipinski definition) is 1. The van der Waals surface area contributed by atoms with Crippen molar-refractivity contribution in [1.29, 1.82) is 0 Å². The molecule has 5 heteroatoms. The van der Waals surface area contributed by atoms with Gasteiger partial charge in [0.05, 0.1) is 0 Å². The maximum absolute atomic E-state index is 11.8. The molecule has 0 aliphatic heterocycles. The van der Waals surface area contributed by atoms with Crippen molar-refractivity contribution in [1.82, 2.24) is 0 Å². The van der Waals surface area contributed by atoms with Gasteiger partial charge < -0.3 is 0 Å². The molecule has 0 heterocycles. The number of aliphatic imine (C=N–C) groups is 1. The Bertz CT molecular complexity index is 186. The largest absolute Gasteiger partial charge is 0.439 e. The van der Waals surface area contributed by atoms with Gasteiger partial charge in [0.15, 0.2) is 4.62 Å². The number of halogens is 4. The van der Waals surface area contributed by atoms with E-state index in [0.29, 0.717) is 6.42 Å². The van der Waals surface area contributed by atoms with Crippen LogP contribution in [0.3, 0.4) is 0 Å². The molecule has 76 valence electrons. The van der Waals surface area contributed by atoms with Crippen LogP contribution in [0.15, 0.2) is 17.6 Å². The van der Waals surface area contributed by atoms with Gasteiger partial charge in [-0.1, -0.05) is 6.08 Å². The normalized spacial score (nSPS) is 13.1. The predicted octanol–water partition coefficient (Wildman–Crippen LogP) is 3.70. The molecule has 0 aliphatic rings. The van der Waals surface area contributed by atoms with Crippen molar-refractivity contribution in [2.24, 2.45) is 4.99 Å². The van der Waals surface area contributed by atoms with Gasteiger partial charge in [-0.3, -0.25) is 4.99 Å². The fraction of sp³-hybridized carbons (Fsp3) is 0.625. The van der Waals surface area contributed by atoms with E-state index in [1.807, 2.05) is 0 Å². The fourth-order valence-electron chi connectivity index (χ4n) is 0.667. The highest BCUT2D eigenvalue weighted by atomic mass is 79.9. The molecule has 0 bridgehead atoms. The van der Waals surface area contributed by atoms with Crippen molar-refractivity contribution in [3.63, 3.8) is 0 Å². The van der Waals surface area contributed by atoms with Crippen LogP contribution >= 0.6 is 15.9 Å². The molecule has 0 N–H and O–H groups in total. The van der Waals surface area contributed by atoms with E-state index in [4.69, 9.17) is 0 Å². The Hall–Kier alpha value is -0.320. The highest BCUT2D eigenvalue weighted by molar-refractivity contribution is 9.18. The first-order chi connectivity index (χ1) is 5.98. The van der Waals surface area contributed by atoms with Gasteiger partial charge in [0.1, 0.15) is 0 Å². The van der Waals surface area contributed by atoms with Crippen LogP contribution in [0.2, 0.25) is 0 Å².